The average molecular weight is 575 g/mol. The lowest BCUT2D eigenvalue weighted by Crippen LogP contribution is -2.50. The smallest absolute Gasteiger partial charge is 0.410 e. The number of halogens is 2. The minimum absolute atomic E-state index is 0.207. The van der Waals surface area contributed by atoms with Gasteiger partial charge in [-0.2, -0.15) is 0 Å². The number of ketones is 1. The van der Waals surface area contributed by atoms with E-state index in [1.165, 1.54) is 12.1 Å². The van der Waals surface area contributed by atoms with Gasteiger partial charge in [-0.25, -0.2) is 13.6 Å². The molecular weight excluding hydrogens is 538 g/mol. The maximum Gasteiger partial charge on any atom is 0.410 e. The third-order valence-electron chi connectivity index (χ3n) is 7.38. The van der Waals surface area contributed by atoms with Crippen molar-refractivity contribution < 1.29 is 27.8 Å². The molecule has 0 atom stereocenters. The molecule has 2 aliphatic rings. The van der Waals surface area contributed by atoms with Crippen molar-refractivity contribution in [2.24, 2.45) is 0 Å². The Bertz CT molecular complexity index is 1500. The molecular formula is C34H36F2N2O4. The summed E-state index contributed by atoms with van der Waals surface area (Å²) >= 11 is 0. The van der Waals surface area contributed by atoms with Crippen LogP contribution in [0.4, 0.5) is 13.6 Å². The van der Waals surface area contributed by atoms with E-state index in [9.17, 15) is 18.4 Å². The molecule has 1 fully saturated rings. The van der Waals surface area contributed by atoms with Crippen molar-refractivity contribution >= 4 is 23.0 Å². The molecule has 1 amide bonds. The molecule has 0 aromatic heterocycles. The zero-order valence-corrected chi connectivity index (χ0v) is 24.5. The van der Waals surface area contributed by atoms with E-state index in [-0.39, 0.29) is 11.9 Å². The molecule has 0 spiro atoms. The quantitative estimate of drug-likeness (QED) is 0.292. The van der Waals surface area contributed by atoms with Gasteiger partial charge in [-0.15, -0.1) is 0 Å². The first-order valence-electron chi connectivity index (χ1n) is 14.3. The summed E-state index contributed by atoms with van der Waals surface area (Å²) in [5.74, 6) is -1.05. The van der Waals surface area contributed by atoms with Crippen molar-refractivity contribution in [3.8, 4) is 5.75 Å². The van der Waals surface area contributed by atoms with Gasteiger partial charge in [0.2, 0.25) is 0 Å². The first kappa shape index (κ1) is 29.5. The largest absolute Gasteiger partial charge is 0.494 e. The summed E-state index contributed by atoms with van der Waals surface area (Å²) in [5, 5.41) is 0. The van der Waals surface area contributed by atoms with Crippen molar-refractivity contribution in [1.29, 1.82) is 0 Å². The minimum Gasteiger partial charge on any atom is -0.494 e. The zero-order valence-electron chi connectivity index (χ0n) is 24.5. The van der Waals surface area contributed by atoms with Crippen LogP contribution in [-0.2, 0) is 4.74 Å². The summed E-state index contributed by atoms with van der Waals surface area (Å²) in [6.07, 6.45) is 0.500. The van der Waals surface area contributed by atoms with E-state index in [0.29, 0.717) is 58.8 Å². The molecule has 0 radical (unpaired) electrons. The number of carbonyl (C=O) groups excluding carboxylic acids is 2. The van der Waals surface area contributed by atoms with Crippen LogP contribution in [0.5, 0.6) is 5.75 Å². The van der Waals surface area contributed by atoms with E-state index < -0.39 is 17.2 Å². The number of Topliss-reactive ketones (excluding diaryl/α,β-unsaturated/α-hetero) is 1. The molecule has 6 nitrogen and oxygen atoms in total. The minimum atomic E-state index is -0.701. The van der Waals surface area contributed by atoms with Crippen molar-refractivity contribution in [1.82, 2.24) is 9.80 Å². The van der Waals surface area contributed by atoms with Gasteiger partial charge >= 0.3 is 6.09 Å². The fraction of sp³-hybridized carbons (Fsp3) is 0.353. The number of amides is 1. The molecule has 1 saturated heterocycles. The predicted molar refractivity (Wildman–Crippen MR) is 159 cm³/mol. The number of fused-ring (bicyclic) bond motifs is 1. The molecule has 0 bridgehead atoms. The number of allylic oxidation sites excluding steroid dienone is 1. The lowest BCUT2D eigenvalue weighted by molar-refractivity contribution is 0.0142. The number of nitrogens with zero attached hydrogens (tertiary/aromatic N) is 2. The van der Waals surface area contributed by atoms with Crippen LogP contribution in [0.3, 0.4) is 0 Å². The van der Waals surface area contributed by atoms with Crippen LogP contribution in [0.15, 0.2) is 60.7 Å². The summed E-state index contributed by atoms with van der Waals surface area (Å²) in [6.45, 7) is 11.6. The van der Waals surface area contributed by atoms with E-state index in [1.54, 1.807) is 23.1 Å². The molecule has 42 heavy (non-hydrogen) atoms. The predicted octanol–water partition coefficient (Wildman–Crippen LogP) is 6.75. The molecule has 1 aliphatic heterocycles. The summed E-state index contributed by atoms with van der Waals surface area (Å²) in [5.41, 5.74) is 3.53. The highest BCUT2D eigenvalue weighted by Gasteiger charge is 2.32. The van der Waals surface area contributed by atoms with Crippen LogP contribution < -0.4 is 4.74 Å². The molecule has 1 aliphatic carbocycles. The highest BCUT2D eigenvalue weighted by molar-refractivity contribution is 6.41. The normalized spacial score (nSPS) is 15.7. The maximum absolute atomic E-state index is 14.2. The average Bonchev–Trinajstić information content (AvgIpc) is 3.22. The summed E-state index contributed by atoms with van der Waals surface area (Å²) in [4.78, 5) is 30.1. The van der Waals surface area contributed by atoms with Gasteiger partial charge in [0.1, 0.15) is 23.0 Å². The van der Waals surface area contributed by atoms with Gasteiger partial charge in [0.25, 0.3) is 0 Å². The number of ether oxygens (including phenoxy) is 2. The van der Waals surface area contributed by atoms with Gasteiger partial charge in [-0.1, -0.05) is 29.8 Å². The van der Waals surface area contributed by atoms with Gasteiger partial charge in [-0.05, 0) is 81.1 Å². The summed E-state index contributed by atoms with van der Waals surface area (Å²) < 4.78 is 39.9. The van der Waals surface area contributed by atoms with Gasteiger partial charge in [0.05, 0.1) is 6.61 Å². The van der Waals surface area contributed by atoms with Gasteiger partial charge in [0, 0.05) is 55.5 Å². The Hall–Kier alpha value is -4.04. The Balaban J connectivity index is 1.24. The molecule has 0 N–H and O–H groups in total. The molecule has 220 valence electrons. The SMILES string of the molecule is Cc1ccc(C2=C(c3cc(F)cc(F)c3)c3ccc(OCCCN4CCN(C(=O)OC(C)(C)C)CC4)cc3C2=O)cc1. The van der Waals surface area contributed by atoms with Gasteiger partial charge < -0.3 is 14.4 Å². The first-order chi connectivity index (χ1) is 20.0. The summed E-state index contributed by atoms with van der Waals surface area (Å²) in [7, 11) is 0. The number of aryl methyl sites for hydroxylation is 1. The van der Waals surface area contributed by atoms with Crippen LogP contribution >= 0.6 is 0 Å². The Labute approximate surface area is 245 Å². The molecule has 5 rings (SSSR count). The molecule has 0 saturated carbocycles. The molecule has 0 unspecified atom stereocenters. The van der Waals surface area contributed by atoms with E-state index >= 15 is 0 Å². The van der Waals surface area contributed by atoms with Crippen molar-refractivity contribution in [2.45, 2.75) is 39.7 Å². The Kier molecular flexibility index (Phi) is 8.45. The van der Waals surface area contributed by atoms with Crippen LogP contribution in [0.25, 0.3) is 11.1 Å². The third-order valence-corrected chi connectivity index (χ3v) is 7.38. The van der Waals surface area contributed by atoms with Crippen LogP contribution in [0.1, 0.15) is 59.8 Å². The highest BCUT2D eigenvalue weighted by Crippen LogP contribution is 2.43. The zero-order chi connectivity index (χ0) is 30.0. The standard InChI is InChI=1S/C34H36F2N2O4/c1-22-6-8-23(9-7-22)31-30(24-18-25(35)20-26(36)19-24)28-11-10-27(21-29(28)32(31)39)41-17-5-12-37-13-15-38(16-14-37)33(40)42-34(2,3)4/h6-11,18-21H,5,12-17H2,1-4H3. The highest BCUT2D eigenvalue weighted by atomic mass is 19.1. The number of rotatable bonds is 7. The second kappa shape index (κ2) is 12.1. The van der Waals surface area contributed by atoms with Crippen molar-refractivity contribution in [2.75, 3.05) is 39.3 Å². The number of carbonyl (C=O) groups is 2. The molecule has 8 heteroatoms. The Morgan fingerprint density at radius 2 is 1.50 bits per heavy atom. The van der Waals surface area contributed by atoms with Crippen LogP contribution in [0, 0.1) is 18.6 Å². The van der Waals surface area contributed by atoms with Crippen LogP contribution in [0.2, 0.25) is 0 Å². The fourth-order valence-electron chi connectivity index (χ4n) is 5.35. The topological polar surface area (TPSA) is 59.1 Å². The number of benzene rings is 3. The Morgan fingerprint density at radius 1 is 0.833 bits per heavy atom. The van der Waals surface area contributed by atoms with E-state index in [2.05, 4.69) is 4.90 Å². The van der Waals surface area contributed by atoms with Crippen molar-refractivity contribution in [3.63, 3.8) is 0 Å². The lowest BCUT2D eigenvalue weighted by Gasteiger charge is -2.35. The van der Waals surface area contributed by atoms with E-state index in [0.717, 1.165) is 37.7 Å². The maximum atomic E-state index is 14.2. The van der Waals surface area contributed by atoms with Crippen molar-refractivity contribution in [3.05, 3.63) is 100 Å². The number of hydrogen-bond donors (Lipinski definition) is 0. The van der Waals surface area contributed by atoms with E-state index in [1.807, 2.05) is 52.0 Å². The second-order valence-corrected chi connectivity index (χ2v) is 11.8. The first-order valence-corrected chi connectivity index (χ1v) is 14.3. The Morgan fingerprint density at radius 3 is 2.14 bits per heavy atom. The van der Waals surface area contributed by atoms with E-state index in [4.69, 9.17) is 9.47 Å². The summed E-state index contributed by atoms with van der Waals surface area (Å²) in [6, 6.07) is 16.2. The molecule has 3 aromatic rings. The second-order valence-electron chi connectivity index (χ2n) is 11.8. The monoisotopic (exact) mass is 574 g/mol. The fourth-order valence-corrected chi connectivity index (χ4v) is 5.35. The van der Waals surface area contributed by atoms with Gasteiger partial charge in [-0.3, -0.25) is 9.69 Å². The molecule has 3 aromatic carbocycles. The lowest BCUT2D eigenvalue weighted by atomic mass is 9.93. The number of piperazine rings is 1. The van der Waals surface area contributed by atoms with Crippen LogP contribution in [-0.4, -0.2) is 66.6 Å². The number of hydrogen-bond acceptors (Lipinski definition) is 5. The van der Waals surface area contributed by atoms with Gasteiger partial charge in [0.15, 0.2) is 5.78 Å². The molecule has 1 heterocycles. The third kappa shape index (κ3) is 6.71.